The smallest absolute Gasteiger partial charge is 0.253 e. The number of nitrogens with zero attached hydrogens (tertiary/aromatic N) is 2. The summed E-state index contributed by atoms with van der Waals surface area (Å²) >= 11 is 0. The van der Waals surface area contributed by atoms with Crippen LogP contribution in [0.1, 0.15) is 35.2 Å². The molecule has 0 saturated carbocycles. The molecule has 1 aromatic carbocycles. The van der Waals surface area contributed by atoms with Crippen molar-refractivity contribution in [2.75, 3.05) is 52.4 Å². The van der Waals surface area contributed by atoms with Crippen molar-refractivity contribution in [3.63, 3.8) is 0 Å². The first-order valence-electron chi connectivity index (χ1n) is 10.2. The fraction of sp³-hybridized carbons (Fsp3) is 0.619. The second-order valence-electron chi connectivity index (χ2n) is 7.69. The minimum Gasteiger partial charge on any atom is -0.356 e. The maximum absolute atomic E-state index is 12.7. The van der Waals surface area contributed by atoms with E-state index in [2.05, 4.69) is 15.5 Å². The zero-order valence-corrected chi connectivity index (χ0v) is 17.6. The van der Waals surface area contributed by atoms with E-state index in [1.54, 1.807) is 0 Å². The summed E-state index contributed by atoms with van der Waals surface area (Å²) in [6, 6.07) is 7.66. The summed E-state index contributed by atoms with van der Waals surface area (Å²) in [5, 5.41) is 6.43. The Bertz CT molecular complexity index is 632. The van der Waals surface area contributed by atoms with Crippen LogP contribution in [0.2, 0.25) is 0 Å². The largest absolute Gasteiger partial charge is 0.356 e. The minimum absolute atomic E-state index is 0. The Morgan fingerprint density at radius 3 is 2.57 bits per heavy atom. The monoisotopic (exact) mass is 408 g/mol. The van der Waals surface area contributed by atoms with Crippen molar-refractivity contribution >= 4 is 24.2 Å². The molecule has 2 aliphatic rings. The summed E-state index contributed by atoms with van der Waals surface area (Å²) in [5.41, 5.74) is 1.85. The van der Waals surface area contributed by atoms with Gasteiger partial charge in [0.15, 0.2) is 0 Å². The average Bonchev–Trinajstić information content (AvgIpc) is 2.72. The van der Waals surface area contributed by atoms with Gasteiger partial charge in [0, 0.05) is 51.4 Å². The molecule has 0 spiro atoms. The van der Waals surface area contributed by atoms with Crippen LogP contribution >= 0.6 is 12.4 Å². The number of carbonyl (C=O) groups is 2. The van der Waals surface area contributed by atoms with Crippen LogP contribution in [0, 0.1) is 12.8 Å². The number of hydrogen-bond acceptors (Lipinski definition) is 4. The molecule has 1 unspecified atom stereocenters. The number of carbonyl (C=O) groups excluding carboxylic acids is 2. The number of likely N-dealkylation sites (tertiary alicyclic amines) is 1. The highest BCUT2D eigenvalue weighted by Crippen LogP contribution is 2.19. The van der Waals surface area contributed by atoms with E-state index in [1.165, 1.54) is 0 Å². The van der Waals surface area contributed by atoms with E-state index in [0.29, 0.717) is 18.7 Å². The highest BCUT2D eigenvalue weighted by Gasteiger charge is 2.28. The maximum atomic E-state index is 12.7. The summed E-state index contributed by atoms with van der Waals surface area (Å²) in [6.07, 6.45) is 2.72. The number of piperidine rings is 1. The van der Waals surface area contributed by atoms with Gasteiger partial charge in [-0.05, 0) is 44.9 Å². The minimum atomic E-state index is -0.0904. The van der Waals surface area contributed by atoms with E-state index >= 15 is 0 Å². The molecule has 156 valence electrons. The lowest BCUT2D eigenvalue weighted by Crippen LogP contribution is -2.46. The summed E-state index contributed by atoms with van der Waals surface area (Å²) in [4.78, 5) is 29.5. The molecule has 2 fully saturated rings. The van der Waals surface area contributed by atoms with Gasteiger partial charge in [-0.3, -0.25) is 9.59 Å². The fourth-order valence-electron chi connectivity index (χ4n) is 3.85. The van der Waals surface area contributed by atoms with Gasteiger partial charge in [-0.2, -0.15) is 0 Å². The first kappa shape index (κ1) is 22.7. The standard InChI is InChI=1S/C21H32N4O2.ClH/c1-17-5-7-18(8-6-17)21(27)25-13-2-4-19(16-25)20(26)23-9-3-12-24-14-10-22-11-15-24;/h5-8,19,22H,2-4,9-16H2,1H3,(H,23,26);1H. The predicted molar refractivity (Wildman–Crippen MR) is 114 cm³/mol. The second-order valence-corrected chi connectivity index (χ2v) is 7.69. The molecule has 2 heterocycles. The number of aryl methyl sites for hydroxylation is 1. The molecule has 2 N–H and O–H groups in total. The van der Waals surface area contributed by atoms with E-state index in [0.717, 1.165) is 64.1 Å². The molecule has 2 amide bonds. The van der Waals surface area contributed by atoms with Crippen molar-refractivity contribution in [3.05, 3.63) is 35.4 Å². The van der Waals surface area contributed by atoms with Crippen LogP contribution in [-0.4, -0.2) is 74.0 Å². The van der Waals surface area contributed by atoms with E-state index < -0.39 is 0 Å². The Balaban J connectivity index is 0.00000280. The Labute approximate surface area is 174 Å². The van der Waals surface area contributed by atoms with Crippen molar-refractivity contribution in [3.8, 4) is 0 Å². The van der Waals surface area contributed by atoms with Crippen LogP contribution in [-0.2, 0) is 4.79 Å². The Hall–Kier alpha value is -1.63. The highest BCUT2D eigenvalue weighted by molar-refractivity contribution is 5.94. The van der Waals surface area contributed by atoms with Gasteiger partial charge in [0.2, 0.25) is 5.91 Å². The van der Waals surface area contributed by atoms with Gasteiger partial charge in [-0.25, -0.2) is 0 Å². The van der Waals surface area contributed by atoms with Crippen LogP contribution in [0.4, 0.5) is 0 Å². The zero-order valence-electron chi connectivity index (χ0n) is 16.8. The number of rotatable bonds is 6. The van der Waals surface area contributed by atoms with Crippen LogP contribution in [0.3, 0.4) is 0 Å². The maximum Gasteiger partial charge on any atom is 0.253 e. The molecule has 0 aromatic heterocycles. The van der Waals surface area contributed by atoms with E-state index in [9.17, 15) is 9.59 Å². The molecule has 0 radical (unpaired) electrons. The molecular weight excluding hydrogens is 376 g/mol. The topological polar surface area (TPSA) is 64.7 Å². The third-order valence-corrected chi connectivity index (χ3v) is 5.54. The molecule has 7 heteroatoms. The Morgan fingerprint density at radius 2 is 1.86 bits per heavy atom. The number of benzene rings is 1. The number of nitrogens with one attached hydrogen (secondary N) is 2. The molecule has 6 nitrogen and oxygen atoms in total. The van der Waals surface area contributed by atoms with Gasteiger partial charge in [0.1, 0.15) is 0 Å². The van der Waals surface area contributed by atoms with Crippen molar-refractivity contribution < 1.29 is 9.59 Å². The molecule has 28 heavy (non-hydrogen) atoms. The van der Waals surface area contributed by atoms with Crippen LogP contribution < -0.4 is 10.6 Å². The van der Waals surface area contributed by atoms with Crippen LogP contribution in [0.25, 0.3) is 0 Å². The van der Waals surface area contributed by atoms with Gasteiger partial charge in [-0.1, -0.05) is 17.7 Å². The van der Waals surface area contributed by atoms with Crippen LogP contribution in [0.15, 0.2) is 24.3 Å². The number of amides is 2. The van der Waals surface area contributed by atoms with Gasteiger partial charge < -0.3 is 20.4 Å². The van der Waals surface area contributed by atoms with Crippen molar-refractivity contribution in [2.45, 2.75) is 26.2 Å². The summed E-state index contributed by atoms with van der Waals surface area (Å²) in [6.45, 7) is 9.31. The molecular formula is C21H33ClN4O2. The zero-order chi connectivity index (χ0) is 19.1. The quantitative estimate of drug-likeness (QED) is 0.703. The van der Waals surface area contributed by atoms with Gasteiger partial charge in [0.05, 0.1) is 5.92 Å². The molecule has 2 saturated heterocycles. The summed E-state index contributed by atoms with van der Waals surface area (Å²) in [7, 11) is 0. The Morgan fingerprint density at radius 1 is 1.14 bits per heavy atom. The molecule has 0 bridgehead atoms. The lowest BCUT2D eigenvalue weighted by atomic mass is 9.96. The van der Waals surface area contributed by atoms with Crippen molar-refractivity contribution in [1.82, 2.24) is 20.4 Å². The van der Waals surface area contributed by atoms with Gasteiger partial charge in [-0.15, -0.1) is 12.4 Å². The first-order chi connectivity index (χ1) is 13.1. The number of halogens is 1. The van der Waals surface area contributed by atoms with Crippen LogP contribution in [0.5, 0.6) is 0 Å². The number of hydrogen-bond donors (Lipinski definition) is 2. The SMILES string of the molecule is Cc1ccc(C(=O)N2CCCC(C(=O)NCCCN3CCNCC3)C2)cc1.Cl. The summed E-state index contributed by atoms with van der Waals surface area (Å²) < 4.78 is 0. The molecule has 1 atom stereocenters. The third-order valence-electron chi connectivity index (χ3n) is 5.54. The molecule has 1 aromatic rings. The summed E-state index contributed by atoms with van der Waals surface area (Å²) in [5.74, 6) is 0.0373. The second kappa shape index (κ2) is 11.4. The average molecular weight is 409 g/mol. The van der Waals surface area contributed by atoms with Gasteiger partial charge in [0.25, 0.3) is 5.91 Å². The highest BCUT2D eigenvalue weighted by atomic mass is 35.5. The Kier molecular flexibility index (Phi) is 9.22. The predicted octanol–water partition coefficient (Wildman–Crippen LogP) is 1.68. The lowest BCUT2D eigenvalue weighted by molar-refractivity contribution is -0.126. The molecule has 3 rings (SSSR count). The molecule has 2 aliphatic heterocycles. The van der Waals surface area contributed by atoms with Gasteiger partial charge >= 0.3 is 0 Å². The molecule has 0 aliphatic carbocycles. The van der Waals surface area contributed by atoms with Crippen molar-refractivity contribution in [2.24, 2.45) is 5.92 Å². The van der Waals surface area contributed by atoms with E-state index in [-0.39, 0.29) is 30.1 Å². The van der Waals surface area contributed by atoms with E-state index in [1.807, 2.05) is 36.1 Å². The lowest BCUT2D eigenvalue weighted by Gasteiger charge is -2.32. The van der Waals surface area contributed by atoms with E-state index in [4.69, 9.17) is 0 Å². The van der Waals surface area contributed by atoms with Crippen molar-refractivity contribution in [1.29, 1.82) is 0 Å². The first-order valence-corrected chi connectivity index (χ1v) is 10.2. The normalized spacial score (nSPS) is 20.3. The fourth-order valence-corrected chi connectivity index (χ4v) is 3.85. The number of piperazine rings is 1. The third kappa shape index (κ3) is 6.47.